The zero-order valence-corrected chi connectivity index (χ0v) is 18.5. The van der Waals surface area contributed by atoms with Crippen LogP contribution in [0.2, 0.25) is 0 Å². The third-order valence-electron chi connectivity index (χ3n) is 5.19. The average molecular weight is 457 g/mol. The van der Waals surface area contributed by atoms with Crippen molar-refractivity contribution < 1.29 is 27.8 Å². The summed E-state index contributed by atoms with van der Waals surface area (Å²) in [6.45, 7) is 5.82. The van der Waals surface area contributed by atoms with Gasteiger partial charge in [0.15, 0.2) is 23.1 Å². The van der Waals surface area contributed by atoms with Crippen molar-refractivity contribution in [3.63, 3.8) is 0 Å². The Balaban J connectivity index is 1.66. The maximum absolute atomic E-state index is 14.5. The fraction of sp³-hybridized carbons (Fsp3) is 0.259. The molecule has 33 heavy (non-hydrogen) atoms. The van der Waals surface area contributed by atoms with E-state index < -0.39 is 23.6 Å². The van der Waals surface area contributed by atoms with Gasteiger partial charge in [-0.25, -0.2) is 8.78 Å². The third-order valence-corrected chi connectivity index (χ3v) is 5.19. The molecule has 1 unspecified atom stereocenters. The summed E-state index contributed by atoms with van der Waals surface area (Å²) < 4.78 is 54.0. The van der Waals surface area contributed by atoms with E-state index in [9.17, 15) is 18.3 Å². The molecule has 0 saturated heterocycles. The van der Waals surface area contributed by atoms with Gasteiger partial charge in [-0.05, 0) is 53.8 Å². The number of hydrogen-bond donors (Lipinski definition) is 1. The second-order valence-corrected chi connectivity index (χ2v) is 7.64. The zero-order chi connectivity index (χ0) is 23.8. The van der Waals surface area contributed by atoms with Crippen molar-refractivity contribution in [3.8, 4) is 22.6 Å². The van der Waals surface area contributed by atoms with Gasteiger partial charge in [-0.15, -0.1) is 6.58 Å². The molecular weight excluding hydrogens is 429 g/mol. The molecule has 1 atom stereocenters. The lowest BCUT2D eigenvalue weighted by Crippen LogP contribution is -2.01. The van der Waals surface area contributed by atoms with E-state index in [0.717, 1.165) is 12.0 Å². The maximum atomic E-state index is 14.5. The smallest absolute Gasteiger partial charge is 0.201 e. The van der Waals surface area contributed by atoms with Gasteiger partial charge in [0, 0.05) is 5.56 Å². The number of aliphatic hydroxyl groups excluding tert-OH is 1. The predicted molar refractivity (Wildman–Crippen MR) is 123 cm³/mol. The van der Waals surface area contributed by atoms with Crippen molar-refractivity contribution in [2.45, 2.75) is 38.9 Å². The summed E-state index contributed by atoms with van der Waals surface area (Å²) in [5.74, 6) is -2.63. The number of ether oxygens (including phenoxy) is 2. The van der Waals surface area contributed by atoms with Gasteiger partial charge in [0.25, 0.3) is 0 Å². The fourth-order valence-electron chi connectivity index (χ4n) is 3.34. The summed E-state index contributed by atoms with van der Waals surface area (Å²) >= 11 is 0. The van der Waals surface area contributed by atoms with Crippen LogP contribution in [0.15, 0.2) is 67.3 Å². The topological polar surface area (TPSA) is 38.7 Å². The third kappa shape index (κ3) is 6.17. The largest absolute Gasteiger partial charge is 0.490 e. The second-order valence-electron chi connectivity index (χ2n) is 7.64. The molecule has 0 bridgehead atoms. The molecule has 0 heterocycles. The normalized spacial score (nSPS) is 11.8. The first kappa shape index (κ1) is 24.4. The van der Waals surface area contributed by atoms with E-state index in [0.29, 0.717) is 24.0 Å². The lowest BCUT2D eigenvalue weighted by atomic mass is 10.0. The molecule has 0 amide bonds. The lowest BCUT2D eigenvalue weighted by Gasteiger charge is -2.13. The van der Waals surface area contributed by atoms with Gasteiger partial charge >= 0.3 is 0 Å². The lowest BCUT2D eigenvalue weighted by molar-refractivity contribution is 0.165. The van der Waals surface area contributed by atoms with E-state index in [4.69, 9.17) is 9.47 Å². The highest BCUT2D eigenvalue weighted by atomic mass is 19.2. The fourth-order valence-corrected chi connectivity index (χ4v) is 3.34. The van der Waals surface area contributed by atoms with Crippen LogP contribution in [0, 0.1) is 17.5 Å². The first-order valence-corrected chi connectivity index (χ1v) is 10.9. The molecule has 174 valence electrons. The standard InChI is InChI=1S/C27H27F3O3/c1-3-5-15-32-25-14-12-21(26(29)27(25)30)19-9-7-18(8-10-19)17-33-24-13-11-20(16-22(24)28)23(31)6-4-2/h3,7-14,16,23,31H,1,4-6,15,17H2,2H3. The monoisotopic (exact) mass is 456 g/mol. The number of hydrogen-bond acceptors (Lipinski definition) is 3. The van der Waals surface area contributed by atoms with Gasteiger partial charge in [0.2, 0.25) is 5.82 Å². The number of halogens is 3. The molecule has 0 radical (unpaired) electrons. The molecule has 0 aliphatic heterocycles. The van der Waals surface area contributed by atoms with Gasteiger partial charge in [-0.3, -0.25) is 0 Å². The van der Waals surface area contributed by atoms with Gasteiger partial charge in [-0.1, -0.05) is 49.8 Å². The van der Waals surface area contributed by atoms with Crippen LogP contribution in [0.5, 0.6) is 11.5 Å². The maximum Gasteiger partial charge on any atom is 0.201 e. The Hall–Kier alpha value is -3.25. The van der Waals surface area contributed by atoms with Gasteiger partial charge in [-0.2, -0.15) is 4.39 Å². The Morgan fingerprint density at radius 1 is 0.939 bits per heavy atom. The predicted octanol–water partition coefficient (Wildman–Crippen LogP) is 7.14. The number of benzene rings is 3. The zero-order valence-electron chi connectivity index (χ0n) is 18.5. The minimum atomic E-state index is -1.04. The van der Waals surface area contributed by atoms with Crippen LogP contribution in [0.1, 0.15) is 43.4 Å². The number of rotatable bonds is 11. The molecule has 0 aliphatic rings. The Kier molecular flexibility index (Phi) is 8.55. The van der Waals surface area contributed by atoms with Crippen LogP contribution in [-0.2, 0) is 6.61 Å². The summed E-state index contributed by atoms with van der Waals surface area (Å²) in [4.78, 5) is 0. The highest BCUT2D eigenvalue weighted by Gasteiger charge is 2.16. The van der Waals surface area contributed by atoms with Crippen LogP contribution >= 0.6 is 0 Å². The van der Waals surface area contributed by atoms with Crippen molar-refractivity contribution in [2.75, 3.05) is 6.61 Å². The average Bonchev–Trinajstić information content (AvgIpc) is 2.82. The Morgan fingerprint density at radius 3 is 2.33 bits per heavy atom. The van der Waals surface area contributed by atoms with E-state index in [-0.39, 0.29) is 30.3 Å². The van der Waals surface area contributed by atoms with E-state index in [2.05, 4.69) is 6.58 Å². The van der Waals surface area contributed by atoms with Crippen molar-refractivity contribution >= 4 is 0 Å². The second kappa shape index (κ2) is 11.6. The van der Waals surface area contributed by atoms with Crippen LogP contribution in [0.4, 0.5) is 13.2 Å². The quantitative estimate of drug-likeness (QED) is 0.246. The first-order valence-electron chi connectivity index (χ1n) is 10.9. The Bertz CT molecular complexity index is 1080. The summed E-state index contributed by atoms with van der Waals surface area (Å²) in [7, 11) is 0. The Morgan fingerprint density at radius 2 is 1.67 bits per heavy atom. The summed E-state index contributed by atoms with van der Waals surface area (Å²) in [5, 5.41) is 10.00. The molecule has 3 aromatic carbocycles. The van der Waals surface area contributed by atoms with Gasteiger partial charge in [0.05, 0.1) is 12.7 Å². The minimum Gasteiger partial charge on any atom is -0.490 e. The molecule has 3 nitrogen and oxygen atoms in total. The van der Waals surface area contributed by atoms with Gasteiger partial charge < -0.3 is 14.6 Å². The van der Waals surface area contributed by atoms with Crippen LogP contribution in [0.3, 0.4) is 0 Å². The summed E-state index contributed by atoms with van der Waals surface area (Å²) in [6.07, 6.45) is 2.81. The van der Waals surface area contributed by atoms with Crippen LogP contribution < -0.4 is 9.47 Å². The number of aliphatic hydroxyl groups is 1. The minimum absolute atomic E-state index is 0.0756. The molecule has 0 saturated carbocycles. The molecule has 0 spiro atoms. The molecule has 0 fully saturated rings. The van der Waals surface area contributed by atoms with E-state index in [1.165, 1.54) is 24.3 Å². The molecule has 1 N–H and O–H groups in total. The summed E-state index contributed by atoms with van der Waals surface area (Å²) in [5.41, 5.74) is 1.85. The van der Waals surface area contributed by atoms with Crippen molar-refractivity contribution in [1.29, 1.82) is 0 Å². The molecule has 6 heteroatoms. The van der Waals surface area contributed by atoms with Crippen molar-refractivity contribution in [3.05, 3.63) is 95.8 Å². The first-order chi connectivity index (χ1) is 15.9. The van der Waals surface area contributed by atoms with E-state index >= 15 is 0 Å². The molecule has 3 rings (SSSR count). The van der Waals surface area contributed by atoms with E-state index in [1.807, 2.05) is 6.92 Å². The van der Waals surface area contributed by atoms with Crippen LogP contribution in [0.25, 0.3) is 11.1 Å². The van der Waals surface area contributed by atoms with Gasteiger partial charge in [0.1, 0.15) is 6.61 Å². The van der Waals surface area contributed by atoms with Crippen molar-refractivity contribution in [2.24, 2.45) is 0 Å². The highest BCUT2D eigenvalue weighted by molar-refractivity contribution is 5.65. The molecular formula is C27H27F3O3. The Labute approximate surface area is 192 Å². The molecule has 0 aromatic heterocycles. The SMILES string of the molecule is C=CCCOc1ccc(-c2ccc(COc3ccc(C(O)CCC)cc3F)cc2)c(F)c1F. The molecule has 0 aliphatic carbocycles. The van der Waals surface area contributed by atoms with Crippen molar-refractivity contribution in [1.82, 2.24) is 0 Å². The van der Waals surface area contributed by atoms with Crippen LogP contribution in [-0.4, -0.2) is 11.7 Å². The summed E-state index contributed by atoms with van der Waals surface area (Å²) in [6, 6.07) is 14.0. The molecule has 3 aromatic rings. The van der Waals surface area contributed by atoms with E-state index in [1.54, 1.807) is 36.4 Å². The highest BCUT2D eigenvalue weighted by Crippen LogP contribution is 2.30.